The average Bonchev–Trinajstić information content (AvgIpc) is 2.03. The van der Waals surface area contributed by atoms with Crippen LogP contribution in [0.2, 0.25) is 0 Å². The molecule has 1 aromatic rings. The highest BCUT2D eigenvalue weighted by molar-refractivity contribution is 7.96. The van der Waals surface area contributed by atoms with Crippen molar-refractivity contribution in [2.75, 3.05) is 0 Å². The van der Waals surface area contributed by atoms with Gasteiger partial charge < -0.3 is 0 Å². The summed E-state index contributed by atoms with van der Waals surface area (Å²) < 4.78 is 4.00. The average molecular weight is 185 g/mol. The Morgan fingerprint density at radius 2 is 1.90 bits per heavy atom. The second kappa shape index (κ2) is 4.62. The van der Waals surface area contributed by atoms with Crippen molar-refractivity contribution < 1.29 is 0 Å². The fourth-order valence-corrected chi connectivity index (χ4v) is 1.76. The molecule has 0 unspecified atom stereocenters. The Bertz CT molecular complexity index is 235. The van der Waals surface area contributed by atoms with Gasteiger partial charge in [-0.2, -0.15) is 4.52 Å². The highest BCUT2D eigenvalue weighted by atomic mass is 32.4. The van der Waals surface area contributed by atoms with E-state index in [1.807, 2.05) is 30.3 Å². The van der Waals surface area contributed by atoms with E-state index in [0.717, 1.165) is 8.37 Å². The minimum atomic E-state index is 0.686. The van der Waals surface area contributed by atoms with Crippen molar-refractivity contribution in [3.05, 3.63) is 30.3 Å². The van der Waals surface area contributed by atoms with E-state index < -0.39 is 0 Å². The molecular formula is C6H5NP2S. The van der Waals surface area contributed by atoms with Gasteiger partial charge in [-0.15, -0.1) is 0 Å². The van der Waals surface area contributed by atoms with Gasteiger partial charge in [-0.05, 0) is 23.9 Å². The summed E-state index contributed by atoms with van der Waals surface area (Å²) in [6.07, 6.45) is 0. The lowest BCUT2D eigenvalue weighted by atomic mass is 10.4. The van der Waals surface area contributed by atoms with Crippen molar-refractivity contribution in [2.45, 2.75) is 0 Å². The van der Waals surface area contributed by atoms with Crippen molar-refractivity contribution in [1.82, 2.24) is 0 Å². The van der Waals surface area contributed by atoms with Gasteiger partial charge in [0, 0.05) is 5.30 Å². The van der Waals surface area contributed by atoms with E-state index in [1.54, 1.807) is 0 Å². The molecule has 0 fully saturated rings. The Morgan fingerprint density at radius 1 is 1.20 bits per heavy atom. The first-order valence-electron chi connectivity index (χ1n) is 2.72. The van der Waals surface area contributed by atoms with Crippen LogP contribution in [0.3, 0.4) is 0 Å². The number of nitrogens with zero attached hydrogens (tertiary/aromatic N) is 1. The van der Waals surface area contributed by atoms with Gasteiger partial charge in [-0.3, -0.25) is 0 Å². The molecule has 0 saturated heterocycles. The summed E-state index contributed by atoms with van der Waals surface area (Å²) >= 11 is 4.65. The number of benzene rings is 1. The molecule has 0 aliphatic heterocycles. The van der Waals surface area contributed by atoms with Gasteiger partial charge in [0.15, 0.2) is 0 Å². The lowest BCUT2D eigenvalue weighted by molar-refractivity contribution is 1.78. The SMILES string of the molecule is S=PN=Pc1ccccc1. The molecule has 1 aromatic carbocycles. The molecule has 0 N–H and O–H groups in total. The zero-order valence-electron chi connectivity index (χ0n) is 5.14. The Balaban J connectivity index is 2.76. The maximum atomic E-state index is 4.65. The third-order valence-corrected chi connectivity index (χ3v) is 2.79. The van der Waals surface area contributed by atoms with Crippen LogP contribution in [0.15, 0.2) is 34.8 Å². The highest BCUT2D eigenvalue weighted by Gasteiger charge is 1.81. The predicted octanol–water partition coefficient (Wildman–Crippen LogP) is 2.76. The molecule has 0 atom stereocenters. The molecule has 0 radical (unpaired) electrons. The zero-order valence-corrected chi connectivity index (χ0v) is 7.74. The number of hydrogen-bond acceptors (Lipinski definition) is 1. The summed E-state index contributed by atoms with van der Waals surface area (Å²) in [5.74, 6) is 0. The first kappa shape index (κ1) is 7.94. The van der Waals surface area contributed by atoms with Gasteiger partial charge in [-0.25, -0.2) is 0 Å². The van der Waals surface area contributed by atoms with E-state index in [9.17, 15) is 0 Å². The molecule has 50 valence electrons. The Morgan fingerprint density at radius 3 is 2.50 bits per heavy atom. The van der Waals surface area contributed by atoms with Crippen molar-refractivity contribution in [2.24, 2.45) is 4.52 Å². The van der Waals surface area contributed by atoms with E-state index in [-0.39, 0.29) is 0 Å². The summed E-state index contributed by atoms with van der Waals surface area (Å²) in [6, 6.07) is 10.1. The molecule has 4 heteroatoms. The third kappa shape index (κ3) is 2.62. The van der Waals surface area contributed by atoms with Crippen LogP contribution in [-0.2, 0) is 11.8 Å². The number of hydrogen-bond donors (Lipinski definition) is 0. The van der Waals surface area contributed by atoms with Crippen LogP contribution in [0.1, 0.15) is 0 Å². The molecule has 0 aliphatic rings. The molecule has 1 rings (SSSR count). The summed E-state index contributed by atoms with van der Waals surface area (Å²) in [5.41, 5.74) is 0. The smallest absolute Gasteiger partial charge is 0.120 e. The maximum absolute atomic E-state index is 4.65. The largest absolute Gasteiger partial charge is 0.194 e. The van der Waals surface area contributed by atoms with Crippen LogP contribution >= 0.6 is 15.9 Å². The van der Waals surface area contributed by atoms with Crippen LogP contribution in [0.5, 0.6) is 0 Å². The molecular weight excluding hydrogens is 180 g/mol. The quantitative estimate of drug-likeness (QED) is 0.645. The number of rotatable bonds is 2. The van der Waals surface area contributed by atoms with Gasteiger partial charge >= 0.3 is 0 Å². The fourth-order valence-electron chi connectivity index (χ4n) is 0.565. The van der Waals surface area contributed by atoms with Gasteiger partial charge in [0.2, 0.25) is 0 Å². The monoisotopic (exact) mass is 185 g/mol. The van der Waals surface area contributed by atoms with Crippen molar-refractivity contribution in [3.8, 4) is 0 Å². The molecule has 1 nitrogen and oxygen atoms in total. The second-order valence-corrected chi connectivity index (χ2v) is 3.69. The zero-order chi connectivity index (χ0) is 7.23. The lowest BCUT2D eigenvalue weighted by Gasteiger charge is -1.84. The first-order chi connectivity index (χ1) is 4.93. The van der Waals surface area contributed by atoms with Crippen LogP contribution in [0, 0.1) is 0 Å². The maximum Gasteiger partial charge on any atom is 0.120 e. The molecule has 0 amide bonds. The Hall–Kier alpha value is -0.160. The fraction of sp³-hybridized carbons (Fsp3) is 0. The molecule has 0 spiro atoms. The molecule has 0 aliphatic carbocycles. The van der Waals surface area contributed by atoms with E-state index in [0.29, 0.717) is 7.51 Å². The summed E-state index contributed by atoms with van der Waals surface area (Å²) in [7, 11) is 1.66. The minimum Gasteiger partial charge on any atom is -0.194 e. The molecule has 0 saturated carbocycles. The lowest BCUT2D eigenvalue weighted by Crippen LogP contribution is -1.85. The molecule has 0 bridgehead atoms. The van der Waals surface area contributed by atoms with Crippen molar-refractivity contribution >= 4 is 33.0 Å². The molecule has 0 heterocycles. The van der Waals surface area contributed by atoms with Crippen LogP contribution < -0.4 is 5.30 Å². The highest BCUT2D eigenvalue weighted by Crippen LogP contribution is 2.07. The van der Waals surface area contributed by atoms with Gasteiger partial charge in [0.1, 0.15) is 7.51 Å². The topological polar surface area (TPSA) is 12.4 Å². The van der Waals surface area contributed by atoms with E-state index in [4.69, 9.17) is 0 Å². The standard InChI is InChI=1S/C6H5NP2S/c10-9-7-8-6-4-2-1-3-5-6/h1-5H. The molecule has 10 heavy (non-hydrogen) atoms. The Kier molecular flexibility index (Phi) is 3.67. The van der Waals surface area contributed by atoms with Crippen LogP contribution in [0.4, 0.5) is 0 Å². The summed E-state index contributed by atoms with van der Waals surface area (Å²) in [6.45, 7) is 0. The third-order valence-electron chi connectivity index (χ3n) is 0.953. The van der Waals surface area contributed by atoms with E-state index in [1.165, 1.54) is 5.30 Å². The van der Waals surface area contributed by atoms with Crippen LogP contribution in [0.25, 0.3) is 0 Å². The van der Waals surface area contributed by atoms with Gasteiger partial charge in [0.05, 0.1) is 8.37 Å². The summed E-state index contributed by atoms with van der Waals surface area (Å²) in [4.78, 5) is 0. The van der Waals surface area contributed by atoms with Crippen molar-refractivity contribution in [3.63, 3.8) is 0 Å². The Labute approximate surface area is 68.3 Å². The van der Waals surface area contributed by atoms with Gasteiger partial charge in [0.25, 0.3) is 0 Å². The normalized spacial score (nSPS) is 10.8. The van der Waals surface area contributed by atoms with Crippen LogP contribution in [-0.4, -0.2) is 0 Å². The first-order valence-corrected chi connectivity index (χ1v) is 5.42. The van der Waals surface area contributed by atoms with Gasteiger partial charge in [-0.1, -0.05) is 18.2 Å². The minimum absolute atomic E-state index is 0.686. The van der Waals surface area contributed by atoms with Crippen molar-refractivity contribution in [1.29, 1.82) is 0 Å². The molecule has 0 aromatic heterocycles. The van der Waals surface area contributed by atoms with E-state index >= 15 is 0 Å². The second-order valence-electron chi connectivity index (χ2n) is 1.61. The summed E-state index contributed by atoms with van der Waals surface area (Å²) in [5, 5.41) is 1.19. The van der Waals surface area contributed by atoms with E-state index in [2.05, 4.69) is 16.3 Å². The predicted molar refractivity (Wildman–Crippen MR) is 49.7 cm³/mol.